The first-order valence-corrected chi connectivity index (χ1v) is 11.9. The fourth-order valence-electron chi connectivity index (χ4n) is 3.92. The Bertz CT molecular complexity index is 956. The Kier molecular flexibility index (Phi) is 7.77. The third-order valence-corrected chi connectivity index (χ3v) is 7.32. The first-order valence-electron chi connectivity index (χ1n) is 10.3. The van der Waals surface area contributed by atoms with Crippen LogP contribution in [0.25, 0.3) is 0 Å². The van der Waals surface area contributed by atoms with E-state index in [1.165, 1.54) is 21.6 Å². The smallest absolute Gasteiger partial charge is 0.233 e. The van der Waals surface area contributed by atoms with Crippen molar-refractivity contribution in [2.45, 2.75) is 45.4 Å². The van der Waals surface area contributed by atoms with Gasteiger partial charge in [-0.2, -0.15) is 0 Å². The van der Waals surface area contributed by atoms with Crippen LogP contribution in [0.15, 0.2) is 42.7 Å². The van der Waals surface area contributed by atoms with E-state index in [-0.39, 0.29) is 12.5 Å². The number of hydrogen-bond acceptors (Lipinski definition) is 6. The van der Waals surface area contributed by atoms with Crippen LogP contribution >= 0.6 is 0 Å². The number of pyridine rings is 1. The second-order valence-corrected chi connectivity index (χ2v) is 9.99. The Labute approximate surface area is 183 Å². The minimum Gasteiger partial charge on any atom is -0.373 e. The SMILES string of the molecule is Cc1cc(C)cc(COC2CCN(S(=O)(=O)CC(c3cccnc3)N(O)C=O)CC2)c1. The molecule has 3 rings (SSSR count). The lowest BCUT2D eigenvalue weighted by atomic mass is 10.1. The molecule has 31 heavy (non-hydrogen) atoms. The van der Waals surface area contributed by atoms with Crippen LogP contribution < -0.4 is 0 Å². The molecule has 1 amide bonds. The number of amides is 1. The van der Waals surface area contributed by atoms with Crippen molar-refractivity contribution in [3.05, 3.63) is 65.0 Å². The first-order chi connectivity index (χ1) is 14.8. The summed E-state index contributed by atoms with van der Waals surface area (Å²) < 4.78 is 33.4. The van der Waals surface area contributed by atoms with Crippen LogP contribution in [0, 0.1) is 13.8 Å². The van der Waals surface area contributed by atoms with Gasteiger partial charge in [0.2, 0.25) is 16.4 Å². The van der Waals surface area contributed by atoms with Crippen molar-refractivity contribution in [2.75, 3.05) is 18.8 Å². The molecule has 8 nitrogen and oxygen atoms in total. The number of nitrogens with zero attached hydrogens (tertiary/aromatic N) is 3. The summed E-state index contributed by atoms with van der Waals surface area (Å²) in [6.07, 6.45) is 4.38. The average Bonchev–Trinajstić information content (AvgIpc) is 2.76. The van der Waals surface area contributed by atoms with Crippen LogP contribution in [-0.2, 0) is 26.2 Å². The van der Waals surface area contributed by atoms with E-state index in [4.69, 9.17) is 4.74 Å². The maximum Gasteiger partial charge on any atom is 0.233 e. The van der Waals surface area contributed by atoms with Gasteiger partial charge in [-0.1, -0.05) is 35.4 Å². The highest BCUT2D eigenvalue weighted by Crippen LogP contribution is 2.24. The fourth-order valence-corrected chi connectivity index (χ4v) is 5.64. The molecule has 1 unspecified atom stereocenters. The quantitative estimate of drug-likeness (QED) is 0.360. The average molecular weight is 448 g/mol. The van der Waals surface area contributed by atoms with Crippen LogP contribution in [0.4, 0.5) is 0 Å². The second kappa shape index (κ2) is 10.3. The highest BCUT2D eigenvalue weighted by molar-refractivity contribution is 7.89. The van der Waals surface area contributed by atoms with E-state index in [1.54, 1.807) is 18.3 Å². The highest BCUT2D eigenvalue weighted by Gasteiger charge is 2.33. The van der Waals surface area contributed by atoms with Crippen molar-refractivity contribution in [1.82, 2.24) is 14.4 Å². The van der Waals surface area contributed by atoms with Gasteiger partial charge >= 0.3 is 0 Å². The van der Waals surface area contributed by atoms with Crippen LogP contribution in [0.1, 0.15) is 41.1 Å². The molecule has 0 radical (unpaired) electrons. The Morgan fingerprint density at radius 1 is 1.26 bits per heavy atom. The zero-order valence-corrected chi connectivity index (χ0v) is 18.7. The summed E-state index contributed by atoms with van der Waals surface area (Å²) in [6, 6.07) is 8.55. The first kappa shape index (κ1) is 23.3. The van der Waals surface area contributed by atoms with Crippen LogP contribution in [0.5, 0.6) is 0 Å². The van der Waals surface area contributed by atoms with Gasteiger partial charge in [0.25, 0.3) is 0 Å². The molecule has 1 N–H and O–H groups in total. The van der Waals surface area contributed by atoms with Gasteiger partial charge in [-0.05, 0) is 43.9 Å². The molecule has 0 spiro atoms. The number of piperidine rings is 1. The molecule has 1 atom stereocenters. The summed E-state index contributed by atoms with van der Waals surface area (Å²) in [5.74, 6) is -0.415. The molecule has 1 aliphatic heterocycles. The molecule has 2 aromatic rings. The summed E-state index contributed by atoms with van der Waals surface area (Å²) >= 11 is 0. The molecule has 1 aromatic carbocycles. The largest absolute Gasteiger partial charge is 0.373 e. The van der Waals surface area contributed by atoms with E-state index in [1.807, 2.05) is 0 Å². The van der Waals surface area contributed by atoms with Crippen molar-refractivity contribution in [3.63, 3.8) is 0 Å². The normalized spacial score (nSPS) is 16.7. The predicted octanol–water partition coefficient (Wildman–Crippen LogP) is 2.60. The van der Waals surface area contributed by atoms with Gasteiger partial charge in [-0.25, -0.2) is 17.8 Å². The number of carbonyl (C=O) groups is 1. The molecular weight excluding hydrogens is 418 g/mol. The lowest BCUT2D eigenvalue weighted by Gasteiger charge is -2.33. The number of rotatable bonds is 9. The number of benzene rings is 1. The summed E-state index contributed by atoms with van der Waals surface area (Å²) in [5, 5.41) is 10.3. The molecule has 1 aromatic heterocycles. The minimum absolute atomic E-state index is 0.00861. The van der Waals surface area contributed by atoms with Crippen LogP contribution in [0.2, 0.25) is 0 Å². The number of hydroxylamine groups is 2. The van der Waals surface area contributed by atoms with Gasteiger partial charge in [-0.15, -0.1) is 0 Å². The van der Waals surface area contributed by atoms with E-state index in [0.717, 1.165) is 5.56 Å². The van der Waals surface area contributed by atoms with Gasteiger partial charge in [0.15, 0.2) is 0 Å². The molecule has 9 heteroatoms. The summed E-state index contributed by atoms with van der Waals surface area (Å²) in [4.78, 5) is 15.0. The van der Waals surface area contributed by atoms with Crippen molar-refractivity contribution in [3.8, 4) is 0 Å². The Morgan fingerprint density at radius 2 is 1.94 bits per heavy atom. The summed E-state index contributed by atoms with van der Waals surface area (Å²) in [5.41, 5.74) is 3.95. The zero-order chi connectivity index (χ0) is 22.4. The predicted molar refractivity (Wildman–Crippen MR) is 116 cm³/mol. The maximum absolute atomic E-state index is 13.0. The van der Waals surface area contributed by atoms with Crippen LogP contribution in [0.3, 0.4) is 0 Å². The topological polar surface area (TPSA) is 100 Å². The third kappa shape index (κ3) is 6.33. The van der Waals surface area contributed by atoms with Crippen LogP contribution in [-0.4, -0.2) is 59.3 Å². The zero-order valence-electron chi connectivity index (χ0n) is 17.8. The lowest BCUT2D eigenvalue weighted by Crippen LogP contribution is -2.44. The Balaban J connectivity index is 1.57. The Hall–Kier alpha value is -2.33. The number of aromatic nitrogens is 1. The van der Waals surface area contributed by atoms with Gasteiger partial charge in [0.05, 0.1) is 18.5 Å². The van der Waals surface area contributed by atoms with E-state index in [9.17, 15) is 18.4 Å². The minimum atomic E-state index is -3.70. The lowest BCUT2D eigenvalue weighted by molar-refractivity contribution is -0.159. The van der Waals surface area contributed by atoms with Gasteiger partial charge in [0.1, 0.15) is 6.04 Å². The van der Waals surface area contributed by atoms with E-state index >= 15 is 0 Å². The summed E-state index contributed by atoms with van der Waals surface area (Å²) in [7, 11) is -3.70. The van der Waals surface area contributed by atoms with E-state index < -0.39 is 21.8 Å². The number of carbonyl (C=O) groups excluding carboxylic acids is 1. The molecule has 2 heterocycles. The van der Waals surface area contributed by atoms with Crippen molar-refractivity contribution < 1.29 is 23.2 Å². The number of hydrogen-bond donors (Lipinski definition) is 1. The highest BCUT2D eigenvalue weighted by atomic mass is 32.2. The Morgan fingerprint density at radius 3 is 2.52 bits per heavy atom. The monoisotopic (exact) mass is 447 g/mol. The molecule has 0 saturated carbocycles. The standard InChI is InChI=1S/C22H29N3O5S/c1-17-10-18(2)12-19(11-17)14-30-21-5-8-24(9-6-21)31(28,29)15-22(25(27)16-26)20-4-3-7-23-13-20/h3-4,7,10-13,16,21-22,27H,5-6,8-9,14-15H2,1-2H3. The molecular formula is C22H29N3O5S. The van der Waals surface area contributed by atoms with Gasteiger partial charge < -0.3 is 4.74 Å². The molecule has 0 aliphatic carbocycles. The number of sulfonamides is 1. The van der Waals surface area contributed by atoms with E-state index in [2.05, 4.69) is 37.0 Å². The molecule has 168 valence electrons. The molecule has 1 fully saturated rings. The van der Waals surface area contributed by atoms with Crippen molar-refractivity contribution in [1.29, 1.82) is 0 Å². The maximum atomic E-state index is 13.0. The molecule has 1 aliphatic rings. The molecule has 0 bridgehead atoms. The number of ether oxygens (including phenoxy) is 1. The molecule has 1 saturated heterocycles. The van der Waals surface area contributed by atoms with Crippen molar-refractivity contribution >= 4 is 16.4 Å². The van der Waals surface area contributed by atoms with Gasteiger partial charge in [0, 0.05) is 25.5 Å². The second-order valence-electron chi connectivity index (χ2n) is 7.97. The van der Waals surface area contributed by atoms with Crippen molar-refractivity contribution in [2.24, 2.45) is 0 Å². The van der Waals surface area contributed by atoms with E-state index in [0.29, 0.717) is 43.2 Å². The fraction of sp³-hybridized carbons (Fsp3) is 0.455. The summed E-state index contributed by atoms with van der Waals surface area (Å²) in [6.45, 7) is 5.29. The van der Waals surface area contributed by atoms with Gasteiger partial charge in [-0.3, -0.25) is 15.0 Å². The third-order valence-electron chi connectivity index (χ3n) is 5.43. The number of aryl methyl sites for hydroxylation is 2.